The van der Waals surface area contributed by atoms with E-state index in [-0.39, 0.29) is 11.9 Å². The Kier molecular flexibility index (Phi) is 2.65. The molecule has 0 atom stereocenters. The third kappa shape index (κ3) is 2.03. The zero-order valence-electron chi connectivity index (χ0n) is 9.12. The number of nitrogens with zero attached hydrogens (tertiary/aromatic N) is 3. The van der Waals surface area contributed by atoms with Crippen LogP contribution in [0.25, 0.3) is 5.69 Å². The van der Waals surface area contributed by atoms with E-state index in [1.807, 2.05) is 0 Å². The van der Waals surface area contributed by atoms with E-state index < -0.39 is 5.69 Å². The lowest BCUT2D eigenvalue weighted by Crippen LogP contribution is -2.26. The Morgan fingerprint density at radius 2 is 1.82 bits per heavy atom. The Morgan fingerprint density at radius 1 is 1.18 bits per heavy atom. The molecule has 0 aliphatic rings. The van der Waals surface area contributed by atoms with Crippen LogP contribution in [0, 0.1) is 0 Å². The summed E-state index contributed by atoms with van der Waals surface area (Å²) in [5.41, 5.74) is 10.9. The maximum Gasteiger partial charge on any atom is 0.358 e. The first-order valence-corrected chi connectivity index (χ1v) is 4.78. The molecule has 88 valence electrons. The molecule has 7 nitrogen and oxygen atoms in total. The summed E-state index contributed by atoms with van der Waals surface area (Å²) in [6, 6.07) is 6.77. The topological polar surface area (TPSA) is 109 Å². The number of anilines is 2. The molecule has 1 heterocycles. The van der Waals surface area contributed by atoms with E-state index in [1.165, 1.54) is 0 Å². The van der Waals surface area contributed by atoms with Gasteiger partial charge in [-0.15, -0.1) is 0 Å². The molecule has 0 aliphatic carbocycles. The fourth-order valence-corrected chi connectivity index (χ4v) is 1.41. The van der Waals surface area contributed by atoms with Crippen molar-refractivity contribution in [3.05, 3.63) is 34.7 Å². The molecule has 0 radical (unpaired) electrons. The van der Waals surface area contributed by atoms with Gasteiger partial charge in [0, 0.05) is 0 Å². The first-order chi connectivity index (χ1) is 8.11. The van der Waals surface area contributed by atoms with Crippen molar-refractivity contribution >= 4 is 11.9 Å². The fraction of sp³-hybridized carbons (Fsp3) is 0.100. The normalized spacial score (nSPS) is 10.2. The van der Waals surface area contributed by atoms with E-state index in [0.29, 0.717) is 11.4 Å². The van der Waals surface area contributed by atoms with E-state index in [9.17, 15) is 4.79 Å². The van der Waals surface area contributed by atoms with Crippen molar-refractivity contribution in [2.75, 3.05) is 18.6 Å². The summed E-state index contributed by atoms with van der Waals surface area (Å²) in [6.07, 6.45) is 0. The zero-order chi connectivity index (χ0) is 12.4. The van der Waals surface area contributed by atoms with Gasteiger partial charge >= 0.3 is 5.69 Å². The van der Waals surface area contributed by atoms with Crippen molar-refractivity contribution in [2.24, 2.45) is 0 Å². The van der Waals surface area contributed by atoms with Gasteiger partial charge < -0.3 is 16.2 Å². The SMILES string of the molecule is COc1ccc(-n2c(N)nc(N)nc2=O)cc1. The van der Waals surface area contributed by atoms with E-state index in [1.54, 1.807) is 31.4 Å². The van der Waals surface area contributed by atoms with Crippen molar-refractivity contribution in [2.45, 2.75) is 0 Å². The number of nitrogens with two attached hydrogens (primary N) is 2. The van der Waals surface area contributed by atoms with Crippen LogP contribution in [0.3, 0.4) is 0 Å². The van der Waals surface area contributed by atoms with Gasteiger partial charge in [0.05, 0.1) is 12.8 Å². The minimum atomic E-state index is -0.569. The van der Waals surface area contributed by atoms with Crippen LogP contribution < -0.4 is 21.9 Å². The Bertz CT molecular complexity index is 591. The molecule has 7 heteroatoms. The highest BCUT2D eigenvalue weighted by atomic mass is 16.5. The summed E-state index contributed by atoms with van der Waals surface area (Å²) in [5, 5.41) is 0. The highest BCUT2D eigenvalue weighted by molar-refractivity contribution is 5.42. The van der Waals surface area contributed by atoms with Crippen LogP contribution in [0.4, 0.5) is 11.9 Å². The van der Waals surface area contributed by atoms with Crippen LogP contribution in [0.2, 0.25) is 0 Å². The maximum absolute atomic E-state index is 11.6. The number of nitrogen functional groups attached to an aromatic ring is 2. The van der Waals surface area contributed by atoms with Gasteiger partial charge in [-0.2, -0.15) is 9.97 Å². The molecule has 0 fully saturated rings. The molecule has 17 heavy (non-hydrogen) atoms. The van der Waals surface area contributed by atoms with Crippen LogP contribution >= 0.6 is 0 Å². The van der Waals surface area contributed by atoms with Crippen LogP contribution in [0.5, 0.6) is 5.75 Å². The molecular formula is C10H11N5O2. The molecule has 1 aromatic heterocycles. The van der Waals surface area contributed by atoms with Crippen LogP contribution in [-0.4, -0.2) is 21.6 Å². The zero-order valence-corrected chi connectivity index (χ0v) is 9.12. The van der Waals surface area contributed by atoms with E-state index in [2.05, 4.69) is 9.97 Å². The largest absolute Gasteiger partial charge is 0.497 e. The maximum atomic E-state index is 11.6. The lowest BCUT2D eigenvalue weighted by Gasteiger charge is -2.08. The molecule has 0 unspecified atom stereocenters. The molecular weight excluding hydrogens is 222 g/mol. The van der Waals surface area contributed by atoms with Crippen LogP contribution in [0.15, 0.2) is 29.1 Å². The van der Waals surface area contributed by atoms with Gasteiger partial charge in [-0.3, -0.25) is 0 Å². The van der Waals surface area contributed by atoms with Crippen molar-refractivity contribution < 1.29 is 4.74 Å². The second-order valence-corrected chi connectivity index (χ2v) is 3.26. The number of ether oxygens (including phenoxy) is 1. The minimum absolute atomic E-state index is 0.00679. The van der Waals surface area contributed by atoms with Gasteiger partial charge in [0.1, 0.15) is 5.75 Å². The Morgan fingerprint density at radius 3 is 2.35 bits per heavy atom. The molecule has 4 N–H and O–H groups in total. The molecule has 0 spiro atoms. The quantitative estimate of drug-likeness (QED) is 0.743. The summed E-state index contributed by atoms with van der Waals surface area (Å²) < 4.78 is 6.18. The van der Waals surface area contributed by atoms with Crippen molar-refractivity contribution in [3.8, 4) is 11.4 Å². The van der Waals surface area contributed by atoms with Gasteiger partial charge in [-0.25, -0.2) is 9.36 Å². The Hall–Kier alpha value is -2.57. The van der Waals surface area contributed by atoms with E-state index in [0.717, 1.165) is 4.57 Å². The molecule has 0 saturated heterocycles. The number of rotatable bonds is 2. The third-order valence-corrected chi connectivity index (χ3v) is 2.19. The average Bonchev–Trinajstić information content (AvgIpc) is 2.28. The summed E-state index contributed by atoms with van der Waals surface area (Å²) in [7, 11) is 1.56. The third-order valence-electron chi connectivity index (χ3n) is 2.19. The lowest BCUT2D eigenvalue weighted by atomic mass is 10.3. The monoisotopic (exact) mass is 233 g/mol. The Balaban J connectivity index is 2.56. The van der Waals surface area contributed by atoms with Crippen molar-refractivity contribution in [1.82, 2.24) is 14.5 Å². The summed E-state index contributed by atoms with van der Waals surface area (Å²) in [4.78, 5) is 18.9. The first kappa shape index (κ1) is 10.9. The first-order valence-electron chi connectivity index (χ1n) is 4.78. The molecule has 2 aromatic rings. The second kappa shape index (κ2) is 4.12. The van der Waals surface area contributed by atoms with Gasteiger partial charge in [-0.05, 0) is 24.3 Å². The Labute approximate surface area is 96.7 Å². The highest BCUT2D eigenvalue weighted by Gasteiger charge is 2.07. The molecule has 0 amide bonds. The lowest BCUT2D eigenvalue weighted by molar-refractivity contribution is 0.414. The number of benzene rings is 1. The predicted molar refractivity (Wildman–Crippen MR) is 63.0 cm³/mol. The summed E-state index contributed by atoms with van der Waals surface area (Å²) in [5.74, 6) is 0.529. The van der Waals surface area contributed by atoms with Crippen molar-refractivity contribution in [1.29, 1.82) is 0 Å². The van der Waals surface area contributed by atoms with E-state index in [4.69, 9.17) is 16.2 Å². The number of hydrogen-bond acceptors (Lipinski definition) is 6. The highest BCUT2D eigenvalue weighted by Crippen LogP contribution is 2.15. The van der Waals surface area contributed by atoms with Gasteiger partial charge in [-0.1, -0.05) is 0 Å². The molecule has 0 aliphatic heterocycles. The predicted octanol–water partition coefficient (Wildman–Crippen LogP) is -0.200. The van der Waals surface area contributed by atoms with E-state index >= 15 is 0 Å². The van der Waals surface area contributed by atoms with Gasteiger partial charge in [0.2, 0.25) is 11.9 Å². The standard InChI is InChI=1S/C10H11N5O2/c1-17-7-4-2-6(3-5-7)15-9(12)13-8(11)14-10(15)16/h2-5H,1H3,(H4,11,12,13,14,16). The molecule has 1 aromatic carbocycles. The average molecular weight is 233 g/mol. The number of methoxy groups -OCH3 is 1. The van der Waals surface area contributed by atoms with Gasteiger partial charge in [0.15, 0.2) is 0 Å². The van der Waals surface area contributed by atoms with Crippen molar-refractivity contribution in [3.63, 3.8) is 0 Å². The summed E-state index contributed by atoms with van der Waals surface area (Å²) in [6.45, 7) is 0. The fourth-order valence-electron chi connectivity index (χ4n) is 1.41. The number of hydrogen-bond donors (Lipinski definition) is 2. The van der Waals surface area contributed by atoms with Gasteiger partial charge in [0.25, 0.3) is 0 Å². The minimum Gasteiger partial charge on any atom is -0.497 e. The number of aromatic nitrogens is 3. The van der Waals surface area contributed by atoms with Crippen LogP contribution in [-0.2, 0) is 0 Å². The second-order valence-electron chi connectivity index (χ2n) is 3.26. The smallest absolute Gasteiger partial charge is 0.358 e. The molecule has 0 bridgehead atoms. The molecule has 2 rings (SSSR count). The van der Waals surface area contributed by atoms with Crippen LogP contribution in [0.1, 0.15) is 0 Å². The summed E-state index contributed by atoms with van der Waals surface area (Å²) >= 11 is 0. The molecule has 0 saturated carbocycles.